The van der Waals surface area contributed by atoms with Crippen LogP contribution in [0.2, 0.25) is 0 Å². The Hall–Kier alpha value is -4.23. The maximum atomic E-state index is 13.1. The van der Waals surface area contributed by atoms with Crippen LogP contribution in [0.4, 0.5) is 25.2 Å². The number of halogens is 2. The number of hydrogen-bond donors (Lipinski definition) is 3. The molecule has 1 aliphatic rings. The van der Waals surface area contributed by atoms with Crippen molar-refractivity contribution < 1.29 is 37.7 Å². The molecular formula is C34H43F2N5O6. The van der Waals surface area contributed by atoms with Crippen molar-refractivity contribution in [3.63, 3.8) is 0 Å². The van der Waals surface area contributed by atoms with Crippen LogP contribution in [-0.4, -0.2) is 52.1 Å². The second-order valence-electron chi connectivity index (χ2n) is 12.0. The summed E-state index contributed by atoms with van der Waals surface area (Å²) in [6.07, 6.45) is 5.20. The summed E-state index contributed by atoms with van der Waals surface area (Å²) >= 11 is 0. The highest BCUT2D eigenvalue weighted by Gasteiger charge is 2.39. The van der Waals surface area contributed by atoms with Crippen molar-refractivity contribution in [2.45, 2.75) is 77.2 Å². The number of carbonyl (C=O) groups excluding carboxylic acids is 2. The van der Waals surface area contributed by atoms with Gasteiger partial charge in [-0.2, -0.15) is 0 Å². The Balaban J connectivity index is 1.26. The number of ether oxygens (including phenoxy) is 3. The summed E-state index contributed by atoms with van der Waals surface area (Å²) in [5.74, 6) is -0.236. The molecule has 254 valence electrons. The van der Waals surface area contributed by atoms with E-state index in [1.807, 2.05) is 19.1 Å². The number of nitrogens with one attached hydrogen (secondary N) is 1. The van der Waals surface area contributed by atoms with E-state index in [1.54, 1.807) is 25.3 Å². The lowest BCUT2D eigenvalue weighted by atomic mass is 9.73. The first-order chi connectivity index (χ1) is 22.6. The van der Waals surface area contributed by atoms with E-state index in [1.165, 1.54) is 18.3 Å². The molecule has 0 spiro atoms. The molecule has 3 heterocycles. The molecule has 4 rings (SSSR count). The van der Waals surface area contributed by atoms with Gasteiger partial charge in [0.15, 0.2) is 0 Å². The number of carbonyl (C=O) groups is 2. The number of anilines is 2. The zero-order valence-corrected chi connectivity index (χ0v) is 26.8. The van der Waals surface area contributed by atoms with Crippen molar-refractivity contribution in [1.29, 1.82) is 0 Å². The Morgan fingerprint density at radius 3 is 2.47 bits per heavy atom. The van der Waals surface area contributed by atoms with Crippen LogP contribution in [0.1, 0.15) is 81.5 Å². The predicted molar refractivity (Wildman–Crippen MR) is 171 cm³/mol. The molecule has 1 aliphatic carbocycles. The van der Waals surface area contributed by atoms with Gasteiger partial charge in [-0.25, -0.2) is 23.5 Å². The number of hydrogen-bond acceptors (Lipinski definition) is 11. The van der Waals surface area contributed by atoms with Crippen LogP contribution in [0.25, 0.3) is 11.3 Å². The Kier molecular flexibility index (Phi) is 12.9. The molecule has 3 aromatic heterocycles. The minimum atomic E-state index is -2.61. The van der Waals surface area contributed by atoms with Crippen LogP contribution in [0.5, 0.6) is 0 Å². The lowest BCUT2D eigenvalue weighted by molar-refractivity contribution is -0.160. The smallest absolute Gasteiger partial charge is 0.434 e. The number of pyridine rings is 3. The Bertz CT molecular complexity index is 1470. The maximum Gasteiger partial charge on any atom is 0.511 e. The fourth-order valence-electron chi connectivity index (χ4n) is 5.66. The summed E-state index contributed by atoms with van der Waals surface area (Å²) in [4.78, 5) is 37.5. The monoisotopic (exact) mass is 655 g/mol. The maximum absolute atomic E-state index is 13.1. The summed E-state index contributed by atoms with van der Waals surface area (Å²) in [5.41, 5.74) is 6.79. The highest BCUT2D eigenvalue weighted by Crippen LogP contribution is 2.41. The van der Waals surface area contributed by atoms with Crippen LogP contribution in [-0.2, 0) is 24.6 Å². The van der Waals surface area contributed by atoms with Gasteiger partial charge in [0.1, 0.15) is 17.2 Å². The Morgan fingerprint density at radius 1 is 1.00 bits per heavy atom. The lowest BCUT2D eigenvalue weighted by Crippen LogP contribution is -2.37. The molecular weight excluding hydrogens is 612 g/mol. The summed E-state index contributed by atoms with van der Waals surface area (Å²) in [7, 11) is 0. The molecule has 0 radical (unpaired) electrons. The van der Waals surface area contributed by atoms with E-state index in [0.717, 1.165) is 24.8 Å². The summed E-state index contributed by atoms with van der Waals surface area (Å²) in [6.45, 7) is 3.99. The first kappa shape index (κ1) is 35.6. The van der Waals surface area contributed by atoms with Gasteiger partial charge in [-0.1, -0.05) is 12.8 Å². The van der Waals surface area contributed by atoms with E-state index in [9.17, 15) is 23.5 Å². The topological polar surface area (TPSA) is 159 Å². The third-order valence-electron chi connectivity index (χ3n) is 8.39. The van der Waals surface area contributed by atoms with Crippen molar-refractivity contribution in [2.75, 3.05) is 25.3 Å². The van der Waals surface area contributed by atoms with Crippen molar-refractivity contribution >= 4 is 23.8 Å². The number of nitrogens with zero attached hydrogens (tertiary/aromatic N) is 3. The van der Waals surface area contributed by atoms with Gasteiger partial charge in [-0.3, -0.25) is 9.78 Å². The van der Waals surface area contributed by atoms with Gasteiger partial charge in [0.05, 0.1) is 23.9 Å². The number of alkyl halides is 2. The van der Waals surface area contributed by atoms with E-state index in [2.05, 4.69) is 20.3 Å². The third kappa shape index (κ3) is 10.4. The van der Waals surface area contributed by atoms with Crippen LogP contribution in [0.3, 0.4) is 0 Å². The molecule has 13 heteroatoms. The molecule has 0 amide bonds. The number of esters is 1. The van der Waals surface area contributed by atoms with E-state index in [-0.39, 0.29) is 29.8 Å². The quantitative estimate of drug-likeness (QED) is 0.0907. The number of nitrogens with two attached hydrogens (primary N) is 1. The van der Waals surface area contributed by atoms with Gasteiger partial charge in [0, 0.05) is 23.5 Å². The summed E-state index contributed by atoms with van der Waals surface area (Å²) < 4.78 is 41.2. The largest absolute Gasteiger partial charge is 0.511 e. The van der Waals surface area contributed by atoms with Crippen LogP contribution in [0, 0.1) is 18.8 Å². The molecule has 1 saturated carbocycles. The van der Waals surface area contributed by atoms with Gasteiger partial charge in [0.25, 0.3) is 6.43 Å². The average Bonchev–Trinajstić information content (AvgIpc) is 3.06. The molecule has 0 bridgehead atoms. The lowest BCUT2D eigenvalue weighted by Gasteiger charge is -2.37. The molecule has 0 aliphatic heterocycles. The second-order valence-corrected chi connectivity index (χ2v) is 12.0. The molecule has 47 heavy (non-hydrogen) atoms. The number of aryl methyl sites for hydroxylation is 1. The number of aromatic nitrogens is 3. The first-order valence-corrected chi connectivity index (χ1v) is 15.9. The second kappa shape index (κ2) is 17.1. The summed E-state index contributed by atoms with van der Waals surface area (Å²) in [5, 5.41) is 14.5. The SMILES string of the molecule is Cc1cc(Nc2cc(C(F)F)ccn2)nc(-c2ccc([C@](C)(O)C3CCC(C(=O)OCOC(=O)OCCCCCCN)CC3)nc2)c1. The fraction of sp³-hybridized carbons (Fsp3) is 0.500. The minimum Gasteiger partial charge on any atom is -0.434 e. The molecule has 1 fully saturated rings. The van der Waals surface area contributed by atoms with E-state index in [4.69, 9.17) is 19.9 Å². The van der Waals surface area contributed by atoms with Gasteiger partial charge in [-0.05, 0) is 107 Å². The molecule has 4 N–H and O–H groups in total. The molecule has 3 aromatic rings. The zero-order valence-electron chi connectivity index (χ0n) is 26.8. The number of rotatable bonds is 15. The van der Waals surface area contributed by atoms with E-state index in [0.29, 0.717) is 61.4 Å². The Morgan fingerprint density at radius 2 is 1.77 bits per heavy atom. The molecule has 0 saturated heterocycles. The predicted octanol–water partition coefficient (Wildman–Crippen LogP) is 6.72. The molecule has 11 nitrogen and oxygen atoms in total. The molecule has 0 aromatic carbocycles. The van der Waals surface area contributed by atoms with Crippen LogP contribution >= 0.6 is 0 Å². The highest BCUT2D eigenvalue weighted by molar-refractivity contribution is 5.72. The van der Waals surface area contributed by atoms with Gasteiger partial charge in [0.2, 0.25) is 6.79 Å². The first-order valence-electron chi connectivity index (χ1n) is 15.9. The van der Waals surface area contributed by atoms with Gasteiger partial charge >= 0.3 is 12.1 Å². The molecule has 0 unspecified atom stereocenters. The van der Waals surface area contributed by atoms with Crippen molar-refractivity contribution in [3.05, 3.63) is 65.6 Å². The van der Waals surface area contributed by atoms with Crippen molar-refractivity contribution in [3.8, 4) is 11.3 Å². The van der Waals surface area contributed by atoms with E-state index >= 15 is 0 Å². The van der Waals surface area contributed by atoms with E-state index < -0.39 is 30.9 Å². The number of aliphatic hydroxyl groups is 1. The van der Waals surface area contributed by atoms with Crippen molar-refractivity contribution in [2.24, 2.45) is 17.6 Å². The molecule has 1 atom stereocenters. The Labute approximate surface area is 273 Å². The minimum absolute atomic E-state index is 0.134. The van der Waals surface area contributed by atoms with Crippen molar-refractivity contribution in [1.82, 2.24) is 15.0 Å². The standard InChI is InChI=1S/C34H43F2N5O6/c1-22-17-27(40-30(18-22)41-29-19-24(31(35)36)13-15-38-29)25-9-12-28(39-20-25)34(2,44)26-10-7-23(8-11-26)32(42)46-21-47-33(43)45-16-6-4-3-5-14-37/h9,12-13,15,17-20,23,26,31,44H,3-8,10-11,14,16,21,37H2,1-2H3,(H,38,40,41)/t23?,26?,34-/m1/s1. The highest BCUT2D eigenvalue weighted by atomic mass is 19.3. The summed E-state index contributed by atoms with van der Waals surface area (Å²) in [6, 6.07) is 9.80. The van der Waals surface area contributed by atoms with Gasteiger partial charge < -0.3 is 30.4 Å². The zero-order chi connectivity index (χ0) is 33.8. The third-order valence-corrected chi connectivity index (χ3v) is 8.39. The fourth-order valence-corrected chi connectivity index (χ4v) is 5.66. The van der Waals surface area contributed by atoms with Gasteiger partial charge in [-0.15, -0.1) is 0 Å². The normalized spacial score (nSPS) is 17.5. The van der Waals surface area contributed by atoms with Crippen LogP contribution in [0.15, 0.2) is 48.8 Å². The average molecular weight is 656 g/mol. The van der Waals surface area contributed by atoms with Crippen LogP contribution < -0.4 is 11.1 Å². The number of unbranched alkanes of at least 4 members (excludes halogenated alkanes) is 3.